The Labute approximate surface area is 76.2 Å². The lowest BCUT2D eigenvalue weighted by Gasteiger charge is -2.22. The smallest absolute Gasteiger partial charge is 0.0991 e. The van der Waals surface area contributed by atoms with E-state index in [1.165, 1.54) is 0 Å². The van der Waals surface area contributed by atoms with Crippen LogP contribution in [-0.2, 0) is 0 Å². The predicted molar refractivity (Wildman–Crippen MR) is 44.0 cm³/mol. The molecule has 0 spiro atoms. The highest BCUT2D eigenvalue weighted by atomic mass is 16.3. The minimum atomic E-state index is -0.887. The fourth-order valence-electron chi connectivity index (χ4n) is 2.45. The summed E-state index contributed by atoms with van der Waals surface area (Å²) in [7, 11) is 0. The first-order chi connectivity index (χ1) is 6.15. The Bertz CT molecular complexity index is 199. The lowest BCUT2D eigenvalue weighted by atomic mass is 10.0. The van der Waals surface area contributed by atoms with Gasteiger partial charge in [-0.25, -0.2) is 0 Å². The molecule has 2 fully saturated rings. The van der Waals surface area contributed by atoms with Gasteiger partial charge in [-0.3, -0.25) is 4.90 Å². The third-order valence-electron chi connectivity index (χ3n) is 3.11. The van der Waals surface area contributed by atoms with Crippen LogP contribution < -0.4 is 0 Å². The minimum Gasteiger partial charge on any atom is -0.395 e. The molecule has 0 radical (unpaired) electrons. The summed E-state index contributed by atoms with van der Waals surface area (Å²) < 4.78 is 0. The van der Waals surface area contributed by atoms with Crippen molar-refractivity contribution in [1.82, 2.24) is 4.90 Å². The van der Waals surface area contributed by atoms with Crippen LogP contribution in [0.15, 0.2) is 0 Å². The van der Waals surface area contributed by atoms with Crippen molar-refractivity contribution in [2.75, 3.05) is 13.2 Å². The van der Waals surface area contributed by atoms with Gasteiger partial charge in [0.05, 0.1) is 31.0 Å². The molecule has 0 aromatic heterocycles. The topological polar surface area (TPSA) is 84.2 Å². The molecule has 2 heterocycles. The van der Waals surface area contributed by atoms with Gasteiger partial charge in [0.1, 0.15) is 0 Å². The van der Waals surface area contributed by atoms with Gasteiger partial charge in [-0.05, 0) is 6.42 Å². The molecule has 0 saturated carbocycles. The molecule has 0 aromatic rings. The second-order valence-electron chi connectivity index (χ2n) is 3.88. The highest BCUT2D eigenvalue weighted by Crippen LogP contribution is 2.32. The van der Waals surface area contributed by atoms with Crippen molar-refractivity contribution in [2.45, 2.75) is 36.8 Å². The molecule has 0 aromatic carbocycles. The summed E-state index contributed by atoms with van der Waals surface area (Å²) >= 11 is 0. The van der Waals surface area contributed by atoms with E-state index in [1.54, 1.807) is 4.90 Å². The molecule has 76 valence electrons. The molecule has 13 heavy (non-hydrogen) atoms. The fourth-order valence-corrected chi connectivity index (χ4v) is 2.45. The highest BCUT2D eigenvalue weighted by molar-refractivity contribution is 5.05. The molecule has 0 aliphatic carbocycles. The Morgan fingerprint density at radius 2 is 1.85 bits per heavy atom. The molecule has 5 nitrogen and oxygen atoms in total. The monoisotopic (exact) mass is 189 g/mol. The van der Waals surface area contributed by atoms with Crippen molar-refractivity contribution in [3.8, 4) is 0 Å². The summed E-state index contributed by atoms with van der Waals surface area (Å²) in [4.78, 5) is 1.79. The van der Waals surface area contributed by atoms with E-state index < -0.39 is 24.4 Å². The Hall–Kier alpha value is -0.200. The van der Waals surface area contributed by atoms with Crippen LogP contribution >= 0.6 is 0 Å². The van der Waals surface area contributed by atoms with Crippen LogP contribution in [0.1, 0.15) is 6.42 Å². The summed E-state index contributed by atoms with van der Waals surface area (Å²) in [6, 6.07) is -0.612. The van der Waals surface area contributed by atoms with E-state index in [0.29, 0.717) is 13.0 Å². The molecule has 0 bridgehead atoms. The Balaban J connectivity index is 2.15. The van der Waals surface area contributed by atoms with E-state index in [2.05, 4.69) is 0 Å². The van der Waals surface area contributed by atoms with Crippen LogP contribution in [0.5, 0.6) is 0 Å². The maximum atomic E-state index is 9.57. The van der Waals surface area contributed by atoms with Crippen LogP contribution in [0, 0.1) is 0 Å². The first kappa shape index (κ1) is 9.36. The zero-order valence-electron chi connectivity index (χ0n) is 7.24. The van der Waals surface area contributed by atoms with Crippen LogP contribution in [0.25, 0.3) is 0 Å². The van der Waals surface area contributed by atoms with Crippen molar-refractivity contribution >= 4 is 0 Å². The standard InChI is InChI=1S/C8H15NO4/c10-3-6-8(13)7(12)5-1-4(11)2-9(5)6/h4-8,10-13H,1-3H2/t4-,5+,6+,7-,8-/m0/s1. The molecule has 4 N–H and O–H groups in total. The number of fused-ring (bicyclic) bond motifs is 1. The lowest BCUT2D eigenvalue weighted by molar-refractivity contribution is 0.00859. The zero-order valence-corrected chi connectivity index (χ0v) is 7.24. The number of aliphatic hydroxyl groups excluding tert-OH is 4. The normalized spacial score (nSPS) is 51.2. The summed E-state index contributed by atoms with van der Waals surface area (Å²) in [5.41, 5.74) is 0. The Morgan fingerprint density at radius 1 is 1.15 bits per heavy atom. The summed E-state index contributed by atoms with van der Waals surface area (Å²) in [6.45, 7) is 0.255. The second-order valence-corrected chi connectivity index (χ2v) is 3.88. The van der Waals surface area contributed by atoms with E-state index in [4.69, 9.17) is 5.11 Å². The third kappa shape index (κ3) is 1.28. The average molecular weight is 189 g/mol. The van der Waals surface area contributed by atoms with Crippen molar-refractivity contribution in [2.24, 2.45) is 0 Å². The number of hydrogen-bond acceptors (Lipinski definition) is 5. The number of hydrogen-bond donors (Lipinski definition) is 4. The molecule has 5 atom stereocenters. The molecular formula is C8H15NO4. The zero-order chi connectivity index (χ0) is 9.59. The lowest BCUT2D eigenvalue weighted by Crippen LogP contribution is -2.40. The van der Waals surface area contributed by atoms with Crippen LogP contribution in [-0.4, -0.2) is 68.9 Å². The SMILES string of the molecule is OC[C@@H]1[C@H](O)[C@@H](O)[C@H]2C[C@H](O)CN12. The van der Waals surface area contributed by atoms with Crippen molar-refractivity contribution in [3.05, 3.63) is 0 Å². The van der Waals surface area contributed by atoms with Gasteiger partial charge >= 0.3 is 0 Å². The molecule has 2 rings (SSSR count). The summed E-state index contributed by atoms with van der Waals surface area (Å²) in [5.74, 6) is 0. The average Bonchev–Trinajstić information content (AvgIpc) is 2.54. The Kier molecular flexibility index (Phi) is 2.29. The molecule has 0 unspecified atom stereocenters. The largest absolute Gasteiger partial charge is 0.395 e. The van der Waals surface area contributed by atoms with Gasteiger partial charge in [0.15, 0.2) is 0 Å². The van der Waals surface area contributed by atoms with Gasteiger partial charge in [-0.1, -0.05) is 0 Å². The third-order valence-corrected chi connectivity index (χ3v) is 3.11. The minimum absolute atomic E-state index is 0.179. The highest BCUT2D eigenvalue weighted by Gasteiger charge is 2.51. The van der Waals surface area contributed by atoms with Gasteiger partial charge in [0.2, 0.25) is 0 Å². The number of rotatable bonds is 1. The molecule has 2 saturated heterocycles. The van der Waals surface area contributed by atoms with Crippen LogP contribution in [0.2, 0.25) is 0 Å². The first-order valence-electron chi connectivity index (χ1n) is 4.56. The van der Waals surface area contributed by atoms with Gasteiger partial charge in [0.25, 0.3) is 0 Å². The van der Waals surface area contributed by atoms with Crippen molar-refractivity contribution in [1.29, 1.82) is 0 Å². The maximum Gasteiger partial charge on any atom is 0.0991 e. The van der Waals surface area contributed by atoms with E-state index in [0.717, 1.165) is 0 Å². The summed E-state index contributed by atoms with van der Waals surface area (Å²) in [5, 5.41) is 37.4. The van der Waals surface area contributed by atoms with Gasteiger partial charge in [0, 0.05) is 12.6 Å². The van der Waals surface area contributed by atoms with E-state index in [1.807, 2.05) is 0 Å². The number of aliphatic hydroxyl groups is 4. The molecule has 5 heteroatoms. The molecule has 0 amide bonds. The van der Waals surface area contributed by atoms with E-state index >= 15 is 0 Å². The summed E-state index contributed by atoms with van der Waals surface area (Å²) in [6.07, 6.45) is -1.69. The number of nitrogens with zero attached hydrogens (tertiary/aromatic N) is 1. The van der Waals surface area contributed by atoms with Gasteiger partial charge < -0.3 is 20.4 Å². The molecule has 2 aliphatic rings. The van der Waals surface area contributed by atoms with E-state index in [9.17, 15) is 15.3 Å². The van der Waals surface area contributed by atoms with Crippen molar-refractivity contribution < 1.29 is 20.4 Å². The van der Waals surface area contributed by atoms with Gasteiger partial charge in [-0.2, -0.15) is 0 Å². The second kappa shape index (κ2) is 3.18. The molecule has 2 aliphatic heterocycles. The van der Waals surface area contributed by atoms with Crippen LogP contribution in [0.3, 0.4) is 0 Å². The van der Waals surface area contributed by atoms with E-state index in [-0.39, 0.29) is 12.6 Å². The maximum absolute atomic E-state index is 9.57. The van der Waals surface area contributed by atoms with Crippen molar-refractivity contribution in [3.63, 3.8) is 0 Å². The van der Waals surface area contributed by atoms with Crippen LogP contribution in [0.4, 0.5) is 0 Å². The quantitative estimate of drug-likeness (QED) is 0.367. The van der Waals surface area contributed by atoms with Gasteiger partial charge in [-0.15, -0.1) is 0 Å². The fraction of sp³-hybridized carbons (Fsp3) is 1.00. The first-order valence-corrected chi connectivity index (χ1v) is 4.56. The molecular weight excluding hydrogens is 174 g/mol. The Morgan fingerprint density at radius 3 is 2.46 bits per heavy atom. The predicted octanol–water partition coefficient (Wildman–Crippen LogP) is -2.48.